The van der Waals surface area contributed by atoms with E-state index in [1.165, 1.54) is 17.7 Å². The highest BCUT2D eigenvalue weighted by atomic mass is 16.5. The van der Waals surface area contributed by atoms with E-state index >= 15 is 0 Å². The van der Waals surface area contributed by atoms with Gasteiger partial charge in [0.25, 0.3) is 0 Å². The second kappa shape index (κ2) is 8.15. The molecule has 2 unspecified atom stereocenters. The predicted molar refractivity (Wildman–Crippen MR) is 87.8 cm³/mol. The summed E-state index contributed by atoms with van der Waals surface area (Å²) in [7, 11) is 3.92. The molecule has 0 spiro atoms. The highest BCUT2D eigenvalue weighted by Crippen LogP contribution is 2.34. The molecule has 0 aliphatic rings. The first-order valence-electron chi connectivity index (χ1n) is 7.66. The van der Waals surface area contributed by atoms with Crippen LogP contribution in [0.25, 0.3) is 0 Å². The van der Waals surface area contributed by atoms with Crippen LogP contribution in [-0.4, -0.2) is 27.2 Å². The molecule has 0 fully saturated rings. The van der Waals surface area contributed by atoms with Crippen LogP contribution < -0.4 is 15.0 Å². The molecule has 1 rings (SSSR count). The van der Waals surface area contributed by atoms with E-state index in [0.29, 0.717) is 5.92 Å². The van der Waals surface area contributed by atoms with Crippen LogP contribution in [0.1, 0.15) is 45.7 Å². The zero-order chi connectivity index (χ0) is 15.1. The van der Waals surface area contributed by atoms with Crippen molar-refractivity contribution in [2.45, 2.75) is 40.2 Å². The number of benzene rings is 1. The van der Waals surface area contributed by atoms with Crippen LogP contribution in [0, 0.1) is 5.92 Å². The van der Waals surface area contributed by atoms with Crippen molar-refractivity contribution in [2.24, 2.45) is 5.92 Å². The summed E-state index contributed by atoms with van der Waals surface area (Å²) in [5.74, 6) is 1.65. The van der Waals surface area contributed by atoms with Crippen LogP contribution in [0.2, 0.25) is 0 Å². The van der Waals surface area contributed by atoms with Crippen LogP contribution in [0.5, 0.6) is 5.75 Å². The van der Waals surface area contributed by atoms with Gasteiger partial charge >= 0.3 is 0 Å². The van der Waals surface area contributed by atoms with Crippen molar-refractivity contribution in [3.63, 3.8) is 0 Å². The van der Waals surface area contributed by atoms with Crippen LogP contribution in [0.15, 0.2) is 18.2 Å². The third kappa shape index (κ3) is 4.14. The van der Waals surface area contributed by atoms with Crippen molar-refractivity contribution in [1.82, 2.24) is 5.32 Å². The van der Waals surface area contributed by atoms with Gasteiger partial charge in [-0.25, -0.2) is 0 Å². The minimum atomic E-state index is 0.283. The predicted octanol–water partition coefficient (Wildman–Crippen LogP) is 3.85. The van der Waals surface area contributed by atoms with Gasteiger partial charge in [-0.2, -0.15) is 0 Å². The Kier molecular flexibility index (Phi) is 6.86. The van der Waals surface area contributed by atoms with Crippen LogP contribution >= 0.6 is 0 Å². The molecule has 1 aromatic carbocycles. The monoisotopic (exact) mass is 278 g/mol. The van der Waals surface area contributed by atoms with Gasteiger partial charge in [-0.15, -0.1) is 0 Å². The molecule has 1 aromatic rings. The molecule has 0 aliphatic carbocycles. The lowest BCUT2D eigenvalue weighted by Crippen LogP contribution is -2.27. The molecular weight excluding hydrogens is 248 g/mol. The molecule has 0 heterocycles. The normalized spacial score (nSPS) is 13.9. The number of ether oxygens (including phenoxy) is 1. The van der Waals surface area contributed by atoms with E-state index in [0.717, 1.165) is 18.8 Å². The van der Waals surface area contributed by atoms with E-state index in [-0.39, 0.29) is 6.04 Å². The summed E-state index contributed by atoms with van der Waals surface area (Å²) in [6.45, 7) is 10.9. The number of nitrogens with zero attached hydrogens (tertiary/aromatic N) is 1. The number of hydrogen-bond donors (Lipinski definition) is 1. The van der Waals surface area contributed by atoms with Crippen molar-refractivity contribution in [2.75, 3.05) is 32.1 Å². The molecule has 0 saturated carbocycles. The molecule has 1 N–H and O–H groups in total. The Labute approximate surface area is 124 Å². The van der Waals surface area contributed by atoms with Gasteiger partial charge in [0.15, 0.2) is 0 Å². The number of methoxy groups -OCH3 is 1. The van der Waals surface area contributed by atoms with Gasteiger partial charge in [0.2, 0.25) is 0 Å². The Balaban J connectivity index is 3.10. The Morgan fingerprint density at radius 1 is 1.25 bits per heavy atom. The SMILES string of the molecule is CCNC(C)c1c(OC)cccc1N(C)CC(C)CC. The van der Waals surface area contributed by atoms with Gasteiger partial charge in [-0.05, 0) is 31.5 Å². The molecule has 0 radical (unpaired) electrons. The maximum Gasteiger partial charge on any atom is 0.125 e. The maximum absolute atomic E-state index is 5.57. The minimum Gasteiger partial charge on any atom is -0.496 e. The van der Waals surface area contributed by atoms with E-state index < -0.39 is 0 Å². The molecule has 3 heteroatoms. The largest absolute Gasteiger partial charge is 0.496 e. The first-order chi connectivity index (χ1) is 9.54. The third-order valence-electron chi connectivity index (χ3n) is 3.90. The van der Waals surface area contributed by atoms with Crippen LogP contribution in [-0.2, 0) is 0 Å². The molecule has 3 nitrogen and oxygen atoms in total. The molecular formula is C17H30N2O. The smallest absolute Gasteiger partial charge is 0.125 e. The van der Waals surface area contributed by atoms with Crippen molar-refractivity contribution in [3.8, 4) is 5.75 Å². The van der Waals surface area contributed by atoms with E-state index in [2.05, 4.69) is 57.1 Å². The second-order valence-electron chi connectivity index (χ2n) is 5.57. The van der Waals surface area contributed by atoms with Crippen molar-refractivity contribution >= 4 is 5.69 Å². The summed E-state index contributed by atoms with van der Waals surface area (Å²) in [5, 5.41) is 3.49. The summed E-state index contributed by atoms with van der Waals surface area (Å²) >= 11 is 0. The first-order valence-corrected chi connectivity index (χ1v) is 7.66. The second-order valence-corrected chi connectivity index (χ2v) is 5.57. The third-order valence-corrected chi connectivity index (χ3v) is 3.90. The van der Waals surface area contributed by atoms with E-state index in [4.69, 9.17) is 4.74 Å². The number of anilines is 1. The molecule has 114 valence electrons. The van der Waals surface area contributed by atoms with Crippen LogP contribution in [0.3, 0.4) is 0 Å². The lowest BCUT2D eigenvalue weighted by atomic mass is 10.0. The van der Waals surface area contributed by atoms with Gasteiger partial charge in [-0.3, -0.25) is 0 Å². The molecule has 2 atom stereocenters. The van der Waals surface area contributed by atoms with E-state index in [1.807, 2.05) is 6.07 Å². The van der Waals surface area contributed by atoms with Crippen molar-refractivity contribution in [1.29, 1.82) is 0 Å². The Hall–Kier alpha value is -1.22. The standard InChI is InChI=1S/C17H30N2O/c1-7-13(3)12-19(5)15-10-9-11-16(20-6)17(15)14(4)18-8-2/h9-11,13-14,18H,7-8,12H2,1-6H3. The van der Waals surface area contributed by atoms with Crippen molar-refractivity contribution in [3.05, 3.63) is 23.8 Å². The number of rotatable bonds is 8. The summed E-state index contributed by atoms with van der Waals surface area (Å²) in [6, 6.07) is 6.59. The summed E-state index contributed by atoms with van der Waals surface area (Å²) in [4.78, 5) is 2.35. The highest BCUT2D eigenvalue weighted by molar-refractivity contribution is 5.60. The quantitative estimate of drug-likeness (QED) is 0.781. The Bertz CT molecular complexity index is 406. The maximum atomic E-state index is 5.57. The van der Waals surface area contributed by atoms with Crippen molar-refractivity contribution < 1.29 is 4.74 Å². The minimum absolute atomic E-state index is 0.283. The zero-order valence-corrected chi connectivity index (χ0v) is 13.9. The topological polar surface area (TPSA) is 24.5 Å². The first kappa shape index (κ1) is 16.8. The fourth-order valence-corrected chi connectivity index (χ4v) is 2.58. The van der Waals surface area contributed by atoms with Gasteiger partial charge < -0.3 is 15.0 Å². The molecule has 0 bridgehead atoms. The molecule has 0 saturated heterocycles. The van der Waals surface area contributed by atoms with Gasteiger partial charge in [0, 0.05) is 30.9 Å². The van der Waals surface area contributed by atoms with Gasteiger partial charge in [0.05, 0.1) is 7.11 Å². The zero-order valence-electron chi connectivity index (χ0n) is 13.9. The van der Waals surface area contributed by atoms with E-state index in [1.54, 1.807) is 7.11 Å². The Morgan fingerprint density at radius 2 is 1.95 bits per heavy atom. The molecule has 0 aromatic heterocycles. The highest BCUT2D eigenvalue weighted by Gasteiger charge is 2.18. The number of nitrogens with one attached hydrogen (secondary N) is 1. The number of hydrogen-bond acceptors (Lipinski definition) is 3. The van der Waals surface area contributed by atoms with Gasteiger partial charge in [0.1, 0.15) is 5.75 Å². The van der Waals surface area contributed by atoms with Gasteiger partial charge in [-0.1, -0.05) is 33.3 Å². The fraction of sp³-hybridized carbons (Fsp3) is 0.647. The molecule has 20 heavy (non-hydrogen) atoms. The lowest BCUT2D eigenvalue weighted by Gasteiger charge is -2.28. The van der Waals surface area contributed by atoms with Crippen LogP contribution in [0.4, 0.5) is 5.69 Å². The summed E-state index contributed by atoms with van der Waals surface area (Å²) < 4.78 is 5.57. The molecule has 0 amide bonds. The Morgan fingerprint density at radius 3 is 2.50 bits per heavy atom. The average Bonchev–Trinajstić information content (AvgIpc) is 2.46. The van der Waals surface area contributed by atoms with E-state index in [9.17, 15) is 0 Å². The fourth-order valence-electron chi connectivity index (χ4n) is 2.58. The summed E-state index contributed by atoms with van der Waals surface area (Å²) in [5.41, 5.74) is 2.51. The lowest BCUT2D eigenvalue weighted by molar-refractivity contribution is 0.402. The molecule has 0 aliphatic heterocycles. The average molecular weight is 278 g/mol. The summed E-state index contributed by atoms with van der Waals surface area (Å²) in [6.07, 6.45) is 1.20.